The second-order valence-corrected chi connectivity index (χ2v) is 9.08. The van der Waals surface area contributed by atoms with Crippen molar-refractivity contribution >= 4 is 15.7 Å². The molecule has 1 unspecified atom stereocenters. The van der Waals surface area contributed by atoms with E-state index in [1.165, 1.54) is 6.07 Å². The van der Waals surface area contributed by atoms with Gasteiger partial charge >= 0.3 is 0 Å². The predicted octanol–water partition coefficient (Wildman–Crippen LogP) is 1.44. The van der Waals surface area contributed by atoms with E-state index in [1.54, 1.807) is 6.07 Å². The molecule has 3 rings (SSSR count). The SMILES string of the molecule is CN1CCS(=O)(=O)CC1CC(=O)NCc1cc(C2CC2)ccc1F. The van der Waals surface area contributed by atoms with Crippen molar-refractivity contribution in [2.45, 2.75) is 37.8 Å². The Kier molecular flexibility index (Phi) is 4.92. The number of nitrogens with zero attached hydrogens (tertiary/aromatic N) is 1. The molecule has 24 heavy (non-hydrogen) atoms. The molecule has 0 radical (unpaired) electrons. The molecule has 1 aliphatic heterocycles. The minimum Gasteiger partial charge on any atom is -0.352 e. The van der Waals surface area contributed by atoms with Gasteiger partial charge < -0.3 is 10.2 Å². The lowest BCUT2D eigenvalue weighted by Crippen LogP contribution is -2.48. The van der Waals surface area contributed by atoms with Gasteiger partial charge in [-0.1, -0.05) is 12.1 Å². The number of carbonyl (C=O) groups is 1. The highest BCUT2D eigenvalue weighted by molar-refractivity contribution is 7.91. The summed E-state index contributed by atoms with van der Waals surface area (Å²) in [6.07, 6.45) is 2.39. The highest BCUT2D eigenvalue weighted by Gasteiger charge is 2.30. The molecule has 1 aromatic carbocycles. The Balaban J connectivity index is 1.56. The number of hydrogen-bond donors (Lipinski definition) is 1. The van der Waals surface area contributed by atoms with Crippen LogP contribution in [-0.2, 0) is 21.2 Å². The molecule has 1 saturated carbocycles. The van der Waals surface area contributed by atoms with E-state index in [-0.39, 0.29) is 42.2 Å². The maximum Gasteiger partial charge on any atom is 0.221 e. The molecule has 1 atom stereocenters. The van der Waals surface area contributed by atoms with Crippen LogP contribution in [0.3, 0.4) is 0 Å². The zero-order valence-electron chi connectivity index (χ0n) is 13.8. The van der Waals surface area contributed by atoms with Gasteiger partial charge in [0.15, 0.2) is 9.84 Å². The van der Waals surface area contributed by atoms with Crippen molar-refractivity contribution in [2.75, 3.05) is 25.1 Å². The van der Waals surface area contributed by atoms with Crippen LogP contribution in [0.25, 0.3) is 0 Å². The summed E-state index contributed by atoms with van der Waals surface area (Å²) in [5.41, 5.74) is 1.61. The zero-order valence-corrected chi connectivity index (χ0v) is 14.6. The van der Waals surface area contributed by atoms with Crippen molar-refractivity contribution < 1.29 is 17.6 Å². The monoisotopic (exact) mass is 354 g/mol. The summed E-state index contributed by atoms with van der Waals surface area (Å²) in [4.78, 5) is 14.0. The third kappa shape index (κ3) is 4.33. The van der Waals surface area contributed by atoms with Crippen molar-refractivity contribution in [3.05, 3.63) is 35.1 Å². The lowest BCUT2D eigenvalue weighted by Gasteiger charge is -2.31. The lowest BCUT2D eigenvalue weighted by molar-refractivity contribution is -0.122. The smallest absolute Gasteiger partial charge is 0.221 e. The largest absolute Gasteiger partial charge is 0.352 e. The summed E-state index contributed by atoms with van der Waals surface area (Å²) in [7, 11) is -1.25. The van der Waals surface area contributed by atoms with Crippen LogP contribution in [0.5, 0.6) is 0 Å². The third-order valence-corrected chi connectivity index (χ3v) is 6.54. The number of rotatable bonds is 5. The van der Waals surface area contributed by atoms with Crippen LogP contribution in [0.15, 0.2) is 18.2 Å². The Morgan fingerprint density at radius 2 is 2.12 bits per heavy atom. The molecule has 1 heterocycles. The minimum atomic E-state index is -3.07. The first kappa shape index (κ1) is 17.4. The maximum atomic E-state index is 13.9. The fourth-order valence-corrected chi connectivity index (χ4v) is 4.76. The molecule has 5 nitrogen and oxygen atoms in total. The van der Waals surface area contributed by atoms with Crippen molar-refractivity contribution in [1.29, 1.82) is 0 Å². The van der Waals surface area contributed by atoms with Gasteiger partial charge in [0, 0.05) is 31.1 Å². The molecule has 1 amide bonds. The Morgan fingerprint density at radius 1 is 1.38 bits per heavy atom. The summed E-state index contributed by atoms with van der Waals surface area (Å²) < 4.78 is 37.3. The first-order valence-electron chi connectivity index (χ1n) is 8.30. The van der Waals surface area contributed by atoms with Gasteiger partial charge in [-0.15, -0.1) is 0 Å². The fraction of sp³-hybridized carbons (Fsp3) is 0.588. The van der Waals surface area contributed by atoms with Gasteiger partial charge in [0.05, 0.1) is 11.5 Å². The Bertz CT molecular complexity index is 731. The highest BCUT2D eigenvalue weighted by Crippen LogP contribution is 2.40. The standard InChI is InChI=1S/C17H23FN2O3S/c1-20-6-7-24(22,23)11-15(20)9-17(21)19-10-14-8-13(12-2-3-12)4-5-16(14)18/h4-5,8,12,15H,2-3,6-7,9-11H2,1H3,(H,19,21). The molecule has 1 aromatic rings. The molecule has 7 heteroatoms. The Morgan fingerprint density at radius 3 is 2.83 bits per heavy atom. The summed E-state index contributed by atoms with van der Waals surface area (Å²) in [5, 5.41) is 2.72. The van der Waals surface area contributed by atoms with E-state index in [1.807, 2.05) is 18.0 Å². The fourth-order valence-electron chi connectivity index (χ4n) is 3.06. The number of nitrogens with one attached hydrogen (secondary N) is 1. The summed E-state index contributed by atoms with van der Waals surface area (Å²) in [6, 6.07) is 4.77. The van der Waals surface area contributed by atoms with Gasteiger partial charge in [0.2, 0.25) is 5.91 Å². The van der Waals surface area contributed by atoms with E-state index in [4.69, 9.17) is 0 Å². The van der Waals surface area contributed by atoms with E-state index >= 15 is 0 Å². The van der Waals surface area contributed by atoms with Crippen LogP contribution in [0.4, 0.5) is 4.39 Å². The number of benzene rings is 1. The molecule has 1 saturated heterocycles. The van der Waals surface area contributed by atoms with Crippen molar-refractivity contribution in [1.82, 2.24) is 10.2 Å². The summed E-state index contributed by atoms with van der Waals surface area (Å²) in [5.74, 6) is 0.0989. The second kappa shape index (κ2) is 6.80. The van der Waals surface area contributed by atoms with Gasteiger partial charge in [-0.25, -0.2) is 12.8 Å². The van der Waals surface area contributed by atoms with Crippen molar-refractivity contribution in [3.63, 3.8) is 0 Å². The molecule has 132 valence electrons. The quantitative estimate of drug-likeness (QED) is 0.869. The molecule has 2 fully saturated rings. The van der Waals surface area contributed by atoms with Crippen LogP contribution in [0.2, 0.25) is 0 Å². The van der Waals surface area contributed by atoms with Gasteiger partial charge in [0.25, 0.3) is 0 Å². The molecule has 1 aliphatic carbocycles. The molecule has 0 aromatic heterocycles. The van der Waals surface area contributed by atoms with Gasteiger partial charge in [0.1, 0.15) is 5.82 Å². The van der Waals surface area contributed by atoms with E-state index in [9.17, 15) is 17.6 Å². The Labute approximate surface area is 142 Å². The number of amides is 1. The van der Waals surface area contributed by atoms with Crippen LogP contribution in [-0.4, -0.2) is 50.4 Å². The van der Waals surface area contributed by atoms with E-state index in [2.05, 4.69) is 5.32 Å². The second-order valence-electron chi connectivity index (χ2n) is 6.85. The molecule has 1 N–H and O–H groups in total. The number of sulfone groups is 1. The molecular formula is C17H23FN2O3S. The first-order chi connectivity index (χ1) is 11.3. The highest BCUT2D eigenvalue weighted by atomic mass is 32.2. The minimum absolute atomic E-state index is 0.00243. The van der Waals surface area contributed by atoms with Crippen molar-refractivity contribution in [3.8, 4) is 0 Å². The predicted molar refractivity (Wildman–Crippen MR) is 89.9 cm³/mol. The number of hydrogen-bond acceptors (Lipinski definition) is 4. The van der Waals surface area contributed by atoms with Crippen LogP contribution in [0.1, 0.15) is 36.3 Å². The molecular weight excluding hydrogens is 331 g/mol. The average molecular weight is 354 g/mol. The average Bonchev–Trinajstić information content (AvgIpc) is 3.35. The van der Waals surface area contributed by atoms with Crippen LogP contribution in [0, 0.1) is 5.82 Å². The molecule has 2 aliphatic rings. The van der Waals surface area contributed by atoms with Gasteiger partial charge in [-0.3, -0.25) is 4.79 Å². The van der Waals surface area contributed by atoms with Crippen molar-refractivity contribution in [2.24, 2.45) is 0 Å². The van der Waals surface area contributed by atoms with E-state index in [0.717, 1.165) is 18.4 Å². The maximum absolute atomic E-state index is 13.9. The lowest BCUT2D eigenvalue weighted by atomic mass is 10.1. The third-order valence-electron chi connectivity index (χ3n) is 4.84. The first-order valence-corrected chi connectivity index (χ1v) is 10.1. The molecule has 0 spiro atoms. The van der Waals surface area contributed by atoms with Crippen LogP contribution < -0.4 is 5.32 Å². The number of halogens is 1. The van der Waals surface area contributed by atoms with E-state index < -0.39 is 9.84 Å². The summed E-state index contributed by atoms with van der Waals surface area (Å²) >= 11 is 0. The molecule has 0 bridgehead atoms. The number of carbonyl (C=O) groups excluding carboxylic acids is 1. The normalized spacial score (nSPS) is 23.8. The zero-order chi connectivity index (χ0) is 17.3. The van der Waals surface area contributed by atoms with Gasteiger partial charge in [-0.2, -0.15) is 0 Å². The van der Waals surface area contributed by atoms with E-state index in [0.29, 0.717) is 18.0 Å². The topological polar surface area (TPSA) is 66.5 Å². The van der Waals surface area contributed by atoms with Gasteiger partial charge in [-0.05, 0) is 37.4 Å². The van der Waals surface area contributed by atoms with Crippen LogP contribution >= 0.6 is 0 Å². The summed E-state index contributed by atoms with van der Waals surface area (Å²) in [6.45, 7) is 0.576. The Hall–Kier alpha value is -1.47.